The van der Waals surface area contributed by atoms with Gasteiger partial charge in [0.2, 0.25) is 5.91 Å². The second-order valence-corrected chi connectivity index (χ2v) is 5.62. The monoisotopic (exact) mass is 322 g/mol. The van der Waals surface area contributed by atoms with Crippen molar-refractivity contribution in [3.63, 3.8) is 0 Å². The Bertz CT molecular complexity index is 644. The fourth-order valence-electron chi connectivity index (χ4n) is 1.83. The average Bonchev–Trinajstić information content (AvgIpc) is 2.45. The largest absolute Gasteiger partial charge is 0.373 e. The number of hydrogen-bond acceptors (Lipinski definition) is 2. The molecule has 0 saturated carbocycles. The highest BCUT2D eigenvalue weighted by Crippen LogP contribution is 2.29. The molecule has 1 amide bonds. The zero-order valence-corrected chi connectivity index (χ0v) is 13.3. The fraction of sp³-hybridized carbons (Fsp3) is 0.188. The molecule has 2 aromatic carbocycles. The molecule has 0 aromatic heterocycles. The first-order chi connectivity index (χ1) is 9.97. The number of halogens is 2. The lowest BCUT2D eigenvalue weighted by Gasteiger charge is -2.17. The predicted molar refractivity (Wildman–Crippen MR) is 89.4 cm³/mol. The number of carbonyl (C=O) groups is 1. The average molecular weight is 323 g/mol. The summed E-state index contributed by atoms with van der Waals surface area (Å²) in [5.74, 6) is -0.144. The predicted octanol–water partition coefficient (Wildman–Crippen LogP) is 4.74. The molecule has 0 saturated heterocycles. The number of nitrogens with one attached hydrogen (secondary N) is 2. The van der Waals surface area contributed by atoms with Crippen molar-refractivity contribution in [3.8, 4) is 0 Å². The van der Waals surface area contributed by atoms with E-state index in [0.717, 1.165) is 11.3 Å². The van der Waals surface area contributed by atoms with E-state index in [0.29, 0.717) is 15.7 Å². The molecule has 0 aliphatic carbocycles. The van der Waals surface area contributed by atoms with Crippen LogP contribution in [0.25, 0.3) is 0 Å². The molecule has 3 nitrogen and oxygen atoms in total. The van der Waals surface area contributed by atoms with Crippen molar-refractivity contribution in [2.75, 3.05) is 10.6 Å². The number of anilines is 2. The standard InChI is InChI=1S/C16H16Cl2N2O/c1-10-8-14(18)15(9-13(10)17)19-11(2)16(21)20-12-6-4-3-5-7-12/h3-9,11,19H,1-2H3,(H,20,21). The number of amides is 1. The summed E-state index contributed by atoms with van der Waals surface area (Å²) < 4.78 is 0. The highest BCUT2D eigenvalue weighted by molar-refractivity contribution is 6.35. The Labute approximate surface area is 134 Å². The molecule has 2 aromatic rings. The minimum absolute atomic E-state index is 0.144. The second-order valence-electron chi connectivity index (χ2n) is 4.80. The van der Waals surface area contributed by atoms with E-state index < -0.39 is 6.04 Å². The third-order valence-corrected chi connectivity index (χ3v) is 3.77. The van der Waals surface area contributed by atoms with Crippen molar-refractivity contribution in [1.82, 2.24) is 0 Å². The lowest BCUT2D eigenvalue weighted by atomic mass is 10.2. The molecule has 0 heterocycles. The summed E-state index contributed by atoms with van der Waals surface area (Å²) in [6.45, 7) is 3.64. The van der Waals surface area contributed by atoms with Crippen LogP contribution in [0.1, 0.15) is 12.5 Å². The minimum atomic E-state index is -0.443. The first-order valence-electron chi connectivity index (χ1n) is 6.55. The Morgan fingerprint density at radius 1 is 1.10 bits per heavy atom. The van der Waals surface area contributed by atoms with Gasteiger partial charge in [0.15, 0.2) is 0 Å². The molecule has 0 spiro atoms. The van der Waals surface area contributed by atoms with Gasteiger partial charge in [0.25, 0.3) is 0 Å². The Balaban J connectivity index is 2.06. The summed E-state index contributed by atoms with van der Waals surface area (Å²) in [6.07, 6.45) is 0. The number of benzene rings is 2. The van der Waals surface area contributed by atoms with Crippen molar-refractivity contribution in [2.45, 2.75) is 19.9 Å². The van der Waals surface area contributed by atoms with Gasteiger partial charge >= 0.3 is 0 Å². The number of aryl methyl sites for hydroxylation is 1. The lowest BCUT2D eigenvalue weighted by Crippen LogP contribution is -2.31. The van der Waals surface area contributed by atoms with Gasteiger partial charge in [-0.25, -0.2) is 0 Å². The summed E-state index contributed by atoms with van der Waals surface area (Å²) >= 11 is 12.2. The van der Waals surface area contributed by atoms with Crippen LogP contribution in [0.3, 0.4) is 0 Å². The molecule has 1 atom stereocenters. The normalized spacial score (nSPS) is 11.8. The number of carbonyl (C=O) groups excluding carboxylic acids is 1. The van der Waals surface area contributed by atoms with E-state index in [1.54, 1.807) is 19.1 Å². The molecule has 0 bridgehead atoms. The molecule has 0 radical (unpaired) electrons. The van der Waals surface area contributed by atoms with Gasteiger partial charge in [0.1, 0.15) is 6.04 Å². The molecular formula is C16H16Cl2N2O. The van der Waals surface area contributed by atoms with Gasteiger partial charge in [-0.05, 0) is 43.7 Å². The van der Waals surface area contributed by atoms with E-state index in [2.05, 4.69) is 10.6 Å². The maximum atomic E-state index is 12.1. The van der Waals surface area contributed by atoms with E-state index in [-0.39, 0.29) is 5.91 Å². The highest BCUT2D eigenvalue weighted by Gasteiger charge is 2.15. The molecule has 5 heteroatoms. The number of rotatable bonds is 4. The second kappa shape index (κ2) is 6.83. The van der Waals surface area contributed by atoms with E-state index in [9.17, 15) is 4.79 Å². The van der Waals surface area contributed by atoms with Crippen molar-refractivity contribution >= 4 is 40.5 Å². The molecule has 110 valence electrons. The maximum absolute atomic E-state index is 12.1. The maximum Gasteiger partial charge on any atom is 0.246 e. The molecule has 1 unspecified atom stereocenters. The Kier molecular flexibility index (Phi) is 5.10. The zero-order chi connectivity index (χ0) is 15.4. The molecule has 0 aliphatic rings. The van der Waals surface area contributed by atoms with Gasteiger partial charge in [-0.2, -0.15) is 0 Å². The van der Waals surface area contributed by atoms with E-state index in [1.807, 2.05) is 37.3 Å². The van der Waals surface area contributed by atoms with Gasteiger partial charge < -0.3 is 10.6 Å². The van der Waals surface area contributed by atoms with Crippen LogP contribution in [-0.4, -0.2) is 11.9 Å². The van der Waals surface area contributed by atoms with Crippen LogP contribution in [0.2, 0.25) is 10.0 Å². The van der Waals surface area contributed by atoms with Crippen LogP contribution in [0.4, 0.5) is 11.4 Å². The molecular weight excluding hydrogens is 307 g/mol. The first-order valence-corrected chi connectivity index (χ1v) is 7.31. The smallest absolute Gasteiger partial charge is 0.246 e. The molecule has 2 N–H and O–H groups in total. The molecule has 0 fully saturated rings. The fourth-order valence-corrected chi connectivity index (χ4v) is 2.26. The SMILES string of the molecule is Cc1cc(Cl)c(NC(C)C(=O)Nc2ccccc2)cc1Cl. The lowest BCUT2D eigenvalue weighted by molar-refractivity contribution is -0.116. The molecule has 2 rings (SSSR count). The van der Waals surface area contributed by atoms with Crippen LogP contribution in [-0.2, 0) is 4.79 Å². The van der Waals surface area contributed by atoms with E-state index in [4.69, 9.17) is 23.2 Å². The van der Waals surface area contributed by atoms with Crippen molar-refractivity contribution in [1.29, 1.82) is 0 Å². The Morgan fingerprint density at radius 2 is 1.76 bits per heavy atom. The van der Waals surface area contributed by atoms with Crippen LogP contribution in [0, 0.1) is 6.92 Å². The highest BCUT2D eigenvalue weighted by atomic mass is 35.5. The molecule has 21 heavy (non-hydrogen) atoms. The van der Waals surface area contributed by atoms with Gasteiger partial charge in [0, 0.05) is 10.7 Å². The van der Waals surface area contributed by atoms with Crippen LogP contribution in [0.5, 0.6) is 0 Å². The zero-order valence-electron chi connectivity index (χ0n) is 11.8. The van der Waals surface area contributed by atoms with Crippen molar-refractivity contribution in [3.05, 3.63) is 58.1 Å². The third-order valence-electron chi connectivity index (χ3n) is 3.05. The number of hydrogen-bond donors (Lipinski definition) is 2. The quantitative estimate of drug-likeness (QED) is 0.853. The van der Waals surface area contributed by atoms with Crippen LogP contribution < -0.4 is 10.6 Å². The van der Waals surface area contributed by atoms with Crippen LogP contribution >= 0.6 is 23.2 Å². The van der Waals surface area contributed by atoms with Crippen molar-refractivity contribution in [2.24, 2.45) is 0 Å². The van der Waals surface area contributed by atoms with Gasteiger partial charge in [-0.3, -0.25) is 4.79 Å². The van der Waals surface area contributed by atoms with Gasteiger partial charge in [-0.1, -0.05) is 41.4 Å². The Hall–Kier alpha value is -1.71. The summed E-state index contributed by atoms with van der Waals surface area (Å²) in [7, 11) is 0. The summed E-state index contributed by atoms with van der Waals surface area (Å²) in [4.78, 5) is 12.1. The van der Waals surface area contributed by atoms with Crippen molar-refractivity contribution < 1.29 is 4.79 Å². The Morgan fingerprint density at radius 3 is 2.43 bits per heavy atom. The topological polar surface area (TPSA) is 41.1 Å². The third kappa shape index (κ3) is 4.13. The van der Waals surface area contributed by atoms with Gasteiger partial charge in [0.05, 0.1) is 10.7 Å². The summed E-state index contributed by atoms with van der Waals surface area (Å²) in [6, 6.07) is 12.3. The van der Waals surface area contributed by atoms with E-state index >= 15 is 0 Å². The molecule has 0 aliphatic heterocycles. The summed E-state index contributed by atoms with van der Waals surface area (Å²) in [5.41, 5.74) is 2.29. The minimum Gasteiger partial charge on any atom is -0.373 e. The van der Waals surface area contributed by atoms with E-state index in [1.165, 1.54) is 0 Å². The summed E-state index contributed by atoms with van der Waals surface area (Å²) in [5, 5.41) is 7.05. The number of para-hydroxylation sites is 1. The first kappa shape index (κ1) is 15.7. The van der Waals surface area contributed by atoms with Gasteiger partial charge in [-0.15, -0.1) is 0 Å². The van der Waals surface area contributed by atoms with Crippen LogP contribution in [0.15, 0.2) is 42.5 Å².